The average Bonchev–Trinajstić information content (AvgIpc) is 3.27. The van der Waals surface area contributed by atoms with Crippen molar-refractivity contribution in [1.82, 2.24) is 29.8 Å². The number of alkyl halides is 1. The summed E-state index contributed by atoms with van der Waals surface area (Å²) in [5.74, 6) is 1.14. The first-order valence-electron chi connectivity index (χ1n) is 11.8. The molecule has 3 aromatic heterocycles. The molecule has 180 valence electrons. The number of carbonyl (C=O) groups is 1. The quantitative estimate of drug-likeness (QED) is 0.575. The van der Waals surface area contributed by atoms with Crippen LogP contribution in [-0.4, -0.2) is 75.1 Å². The van der Waals surface area contributed by atoms with Crippen LogP contribution in [-0.2, 0) is 4.74 Å². The van der Waals surface area contributed by atoms with Crippen molar-refractivity contribution in [2.45, 2.75) is 44.3 Å². The summed E-state index contributed by atoms with van der Waals surface area (Å²) in [5, 5.41) is 11.1. The summed E-state index contributed by atoms with van der Waals surface area (Å²) >= 11 is 0. The Morgan fingerprint density at radius 1 is 1.32 bits per heavy atom. The van der Waals surface area contributed by atoms with Gasteiger partial charge in [0.25, 0.3) is 0 Å². The molecule has 2 saturated heterocycles. The number of ether oxygens (including phenoxy) is 1. The van der Waals surface area contributed by atoms with E-state index in [4.69, 9.17) is 9.72 Å². The van der Waals surface area contributed by atoms with Crippen molar-refractivity contribution >= 4 is 17.6 Å². The maximum absolute atomic E-state index is 14.1. The van der Waals surface area contributed by atoms with Crippen LogP contribution in [0.4, 0.5) is 15.0 Å². The number of nitrogens with zero attached hydrogens (tertiary/aromatic N) is 5. The van der Waals surface area contributed by atoms with Crippen LogP contribution in [0.5, 0.6) is 0 Å². The Kier molecular flexibility index (Phi) is 6.07. The summed E-state index contributed by atoms with van der Waals surface area (Å²) in [6, 6.07) is 6.04. The molecular formula is C24H30FN7O2. The number of halogens is 1. The molecule has 0 aliphatic carbocycles. The highest BCUT2D eigenvalue weighted by atomic mass is 19.1. The predicted molar refractivity (Wildman–Crippen MR) is 127 cm³/mol. The number of likely N-dealkylation sites (tertiary alicyclic amines) is 1. The van der Waals surface area contributed by atoms with Crippen LogP contribution in [0, 0.1) is 0 Å². The Bertz CT molecular complexity index is 1150. The molecule has 2 fully saturated rings. The topological polar surface area (TPSA) is 96.7 Å². The number of carbonyl (C=O) groups excluding carboxylic acids is 1. The molecule has 10 heteroatoms. The minimum absolute atomic E-state index is 0.159. The van der Waals surface area contributed by atoms with E-state index in [0.29, 0.717) is 13.1 Å². The van der Waals surface area contributed by atoms with E-state index < -0.39 is 11.8 Å². The zero-order valence-electron chi connectivity index (χ0n) is 19.5. The summed E-state index contributed by atoms with van der Waals surface area (Å²) < 4.78 is 21.2. The van der Waals surface area contributed by atoms with Gasteiger partial charge in [-0.1, -0.05) is 13.8 Å². The first-order chi connectivity index (χ1) is 16.4. The monoisotopic (exact) mass is 467 g/mol. The molecular weight excluding hydrogens is 437 g/mol. The number of piperidine rings is 1. The SMILES string of the molecule is CC(C)c1cnn2c(NC3CCN(C(=O)OCC4(F)CNC4)CC3)cc(-c3cccnc3)nc12. The van der Waals surface area contributed by atoms with Crippen LogP contribution in [0.3, 0.4) is 0 Å². The van der Waals surface area contributed by atoms with E-state index >= 15 is 0 Å². The summed E-state index contributed by atoms with van der Waals surface area (Å²) in [4.78, 5) is 23.1. The third-order valence-corrected chi connectivity index (χ3v) is 6.52. The first-order valence-corrected chi connectivity index (χ1v) is 11.8. The average molecular weight is 468 g/mol. The fourth-order valence-corrected chi connectivity index (χ4v) is 4.35. The lowest BCUT2D eigenvalue weighted by atomic mass is 10.0. The molecule has 5 heterocycles. The lowest BCUT2D eigenvalue weighted by molar-refractivity contribution is -0.00162. The lowest BCUT2D eigenvalue weighted by Gasteiger charge is -2.36. The number of pyridine rings is 1. The van der Waals surface area contributed by atoms with Gasteiger partial charge in [0.1, 0.15) is 12.4 Å². The van der Waals surface area contributed by atoms with Crippen LogP contribution in [0.25, 0.3) is 16.9 Å². The number of hydrogen-bond donors (Lipinski definition) is 2. The highest BCUT2D eigenvalue weighted by Crippen LogP contribution is 2.28. The van der Waals surface area contributed by atoms with Crippen molar-refractivity contribution in [1.29, 1.82) is 0 Å². The van der Waals surface area contributed by atoms with Gasteiger partial charge >= 0.3 is 6.09 Å². The Labute approximate surface area is 197 Å². The molecule has 9 nitrogen and oxygen atoms in total. The second kappa shape index (κ2) is 9.17. The molecule has 0 bridgehead atoms. The van der Waals surface area contributed by atoms with Gasteiger partial charge in [-0.3, -0.25) is 4.98 Å². The molecule has 0 spiro atoms. The van der Waals surface area contributed by atoms with Gasteiger partial charge < -0.3 is 20.3 Å². The van der Waals surface area contributed by atoms with Crippen molar-refractivity contribution in [3.63, 3.8) is 0 Å². The number of aromatic nitrogens is 4. The minimum Gasteiger partial charge on any atom is -0.446 e. The maximum Gasteiger partial charge on any atom is 0.409 e. The van der Waals surface area contributed by atoms with Gasteiger partial charge in [-0.05, 0) is 30.9 Å². The fourth-order valence-electron chi connectivity index (χ4n) is 4.35. The molecule has 0 radical (unpaired) electrons. The second-order valence-corrected chi connectivity index (χ2v) is 9.47. The van der Waals surface area contributed by atoms with E-state index in [2.05, 4.69) is 34.6 Å². The van der Waals surface area contributed by atoms with Gasteiger partial charge in [0, 0.05) is 61.8 Å². The first kappa shape index (κ1) is 22.5. The van der Waals surface area contributed by atoms with E-state index in [1.165, 1.54) is 0 Å². The molecule has 0 atom stereocenters. The van der Waals surface area contributed by atoms with Crippen LogP contribution in [0.15, 0.2) is 36.8 Å². The standard InChI is InChI=1S/C24H30FN7O2/c1-16(2)19-12-28-32-21(10-20(30-22(19)32)17-4-3-7-26-11-17)29-18-5-8-31(9-6-18)23(33)34-15-24(25)13-27-14-24/h3-4,7,10-12,16,18,27,29H,5-6,8-9,13-15H2,1-2H3. The number of rotatable bonds is 6. The molecule has 34 heavy (non-hydrogen) atoms. The predicted octanol–water partition coefficient (Wildman–Crippen LogP) is 3.24. The van der Waals surface area contributed by atoms with Crippen molar-refractivity contribution < 1.29 is 13.9 Å². The summed E-state index contributed by atoms with van der Waals surface area (Å²) in [6.45, 7) is 5.63. The number of nitrogens with one attached hydrogen (secondary N) is 2. The van der Waals surface area contributed by atoms with E-state index in [1.54, 1.807) is 17.3 Å². The zero-order valence-corrected chi connectivity index (χ0v) is 19.5. The molecule has 0 aromatic carbocycles. The molecule has 3 aromatic rings. The molecule has 0 saturated carbocycles. The van der Waals surface area contributed by atoms with E-state index in [9.17, 15) is 9.18 Å². The largest absolute Gasteiger partial charge is 0.446 e. The summed E-state index contributed by atoms with van der Waals surface area (Å²) in [6.07, 6.45) is 6.48. The van der Waals surface area contributed by atoms with Gasteiger partial charge in [0.15, 0.2) is 11.3 Å². The minimum atomic E-state index is -1.42. The molecule has 0 unspecified atom stereocenters. The number of hydrogen-bond acceptors (Lipinski definition) is 7. The molecule has 5 rings (SSSR count). The smallest absolute Gasteiger partial charge is 0.409 e. The Morgan fingerprint density at radius 3 is 2.76 bits per heavy atom. The molecule has 2 aliphatic rings. The Morgan fingerprint density at radius 2 is 2.12 bits per heavy atom. The summed E-state index contributed by atoms with van der Waals surface area (Å²) in [7, 11) is 0. The van der Waals surface area contributed by atoms with Crippen LogP contribution < -0.4 is 10.6 Å². The molecule has 2 aliphatic heterocycles. The number of fused-ring (bicyclic) bond motifs is 1. The van der Waals surface area contributed by atoms with E-state index in [1.807, 2.05) is 28.9 Å². The second-order valence-electron chi connectivity index (χ2n) is 9.47. The van der Waals surface area contributed by atoms with E-state index in [-0.39, 0.29) is 31.7 Å². The van der Waals surface area contributed by atoms with E-state index in [0.717, 1.165) is 41.1 Å². The highest BCUT2D eigenvalue weighted by molar-refractivity contribution is 5.69. The van der Waals surface area contributed by atoms with Gasteiger partial charge in [-0.25, -0.2) is 14.2 Å². The van der Waals surface area contributed by atoms with Crippen molar-refractivity contribution in [2.24, 2.45) is 0 Å². The third-order valence-electron chi connectivity index (χ3n) is 6.52. The number of amides is 1. The van der Waals surface area contributed by atoms with Crippen molar-refractivity contribution in [2.75, 3.05) is 38.1 Å². The van der Waals surface area contributed by atoms with Gasteiger partial charge in [-0.2, -0.15) is 9.61 Å². The zero-order chi connectivity index (χ0) is 23.7. The maximum atomic E-state index is 14.1. The van der Waals surface area contributed by atoms with Crippen LogP contribution >= 0.6 is 0 Å². The van der Waals surface area contributed by atoms with Crippen molar-refractivity contribution in [3.05, 3.63) is 42.4 Å². The van der Waals surface area contributed by atoms with Gasteiger partial charge in [0.2, 0.25) is 0 Å². The normalized spacial score (nSPS) is 18.2. The lowest BCUT2D eigenvalue weighted by Crippen LogP contribution is -2.59. The Balaban J connectivity index is 1.29. The molecule has 1 amide bonds. The van der Waals surface area contributed by atoms with Crippen LogP contribution in [0.1, 0.15) is 38.2 Å². The highest BCUT2D eigenvalue weighted by Gasteiger charge is 2.39. The fraction of sp³-hybridized carbons (Fsp3) is 0.500. The van der Waals surface area contributed by atoms with Gasteiger partial charge in [0.05, 0.1) is 11.9 Å². The molecule has 2 N–H and O–H groups in total. The number of anilines is 1. The van der Waals surface area contributed by atoms with Gasteiger partial charge in [-0.15, -0.1) is 0 Å². The Hall–Kier alpha value is -3.27. The third kappa shape index (κ3) is 4.54. The summed E-state index contributed by atoms with van der Waals surface area (Å²) in [5.41, 5.74) is 2.25. The van der Waals surface area contributed by atoms with Crippen LogP contribution in [0.2, 0.25) is 0 Å². The van der Waals surface area contributed by atoms with Crippen molar-refractivity contribution in [3.8, 4) is 11.3 Å².